The number of aliphatic hydroxyl groups excluding tert-OH is 1. The zero-order chi connectivity index (χ0) is 26.1. The SMILES string of the molecule is COC(=O)c1sc(N2C(=O)C(=O)C(=C(O)c3ccc(OC)cc3C)[C@@H]2c2ccccc2OC)nc1C. The number of aliphatic hydroxyl groups is 1. The topological polar surface area (TPSA) is 115 Å². The summed E-state index contributed by atoms with van der Waals surface area (Å²) in [7, 11) is 4.25. The van der Waals surface area contributed by atoms with E-state index >= 15 is 0 Å². The van der Waals surface area contributed by atoms with E-state index in [1.807, 2.05) is 0 Å². The number of methoxy groups -OCH3 is 3. The van der Waals surface area contributed by atoms with Gasteiger partial charge in [-0.05, 0) is 43.7 Å². The number of para-hydroxylation sites is 1. The molecule has 0 radical (unpaired) electrons. The highest BCUT2D eigenvalue weighted by atomic mass is 32.1. The maximum Gasteiger partial charge on any atom is 0.350 e. The Balaban J connectivity index is 1.98. The van der Waals surface area contributed by atoms with Crippen molar-refractivity contribution < 1.29 is 33.7 Å². The molecule has 3 aromatic rings. The van der Waals surface area contributed by atoms with E-state index in [4.69, 9.17) is 14.2 Å². The quantitative estimate of drug-likeness (QED) is 0.228. The Morgan fingerprint density at radius 1 is 1.06 bits per heavy atom. The molecule has 1 aliphatic heterocycles. The van der Waals surface area contributed by atoms with Crippen molar-refractivity contribution in [3.63, 3.8) is 0 Å². The standard InChI is InChI=1S/C26H24N2O7S/c1-13-12-15(33-3)10-11-16(13)21(29)19-20(17-8-6-7-9-18(17)34-4)28(24(31)22(19)30)26-27-14(2)23(36-26)25(32)35-5/h6-12,20,29H,1-5H3/t20-/m0/s1. The number of esters is 1. The van der Waals surface area contributed by atoms with Gasteiger partial charge in [-0.2, -0.15) is 0 Å². The number of hydrogen-bond donors (Lipinski definition) is 1. The van der Waals surface area contributed by atoms with Crippen LogP contribution >= 0.6 is 11.3 Å². The van der Waals surface area contributed by atoms with Crippen LogP contribution < -0.4 is 14.4 Å². The van der Waals surface area contributed by atoms with Crippen LogP contribution in [0.4, 0.5) is 5.13 Å². The largest absolute Gasteiger partial charge is 0.507 e. The first kappa shape index (κ1) is 24.9. The Labute approximate surface area is 211 Å². The van der Waals surface area contributed by atoms with Crippen LogP contribution in [0.15, 0.2) is 48.0 Å². The molecule has 1 amide bonds. The minimum atomic E-state index is -1.06. The van der Waals surface area contributed by atoms with Gasteiger partial charge in [0.2, 0.25) is 0 Å². The molecule has 0 aliphatic carbocycles. The van der Waals surface area contributed by atoms with Crippen molar-refractivity contribution in [2.75, 3.05) is 26.2 Å². The molecule has 0 bridgehead atoms. The lowest BCUT2D eigenvalue weighted by Gasteiger charge is -2.24. The number of hydrogen-bond acceptors (Lipinski definition) is 9. The third-order valence-corrected chi connectivity index (χ3v) is 7.07. The molecular weight excluding hydrogens is 484 g/mol. The molecule has 2 heterocycles. The molecule has 1 aliphatic rings. The van der Waals surface area contributed by atoms with E-state index in [0.29, 0.717) is 33.9 Å². The van der Waals surface area contributed by atoms with Crippen LogP contribution in [0.1, 0.15) is 38.1 Å². The number of Topliss-reactive ketones (excluding diaryl/α,β-unsaturated/α-hetero) is 1. The smallest absolute Gasteiger partial charge is 0.350 e. The zero-order valence-corrected chi connectivity index (χ0v) is 21.1. The number of aromatic nitrogens is 1. The van der Waals surface area contributed by atoms with E-state index in [0.717, 1.165) is 11.3 Å². The minimum absolute atomic E-state index is 0.120. The summed E-state index contributed by atoms with van der Waals surface area (Å²) >= 11 is 0.930. The molecule has 1 fully saturated rings. The fourth-order valence-corrected chi connectivity index (χ4v) is 5.17. The summed E-state index contributed by atoms with van der Waals surface area (Å²) in [6.07, 6.45) is 0. The molecular formula is C26H24N2O7S. The van der Waals surface area contributed by atoms with E-state index in [9.17, 15) is 19.5 Å². The molecule has 0 saturated carbocycles. The fraction of sp³-hybridized carbons (Fsp3) is 0.231. The zero-order valence-electron chi connectivity index (χ0n) is 20.3. The summed E-state index contributed by atoms with van der Waals surface area (Å²) in [5, 5.41) is 11.5. The van der Waals surface area contributed by atoms with E-state index in [1.165, 1.54) is 26.2 Å². The van der Waals surface area contributed by atoms with Gasteiger partial charge in [-0.3, -0.25) is 14.5 Å². The maximum atomic E-state index is 13.4. The lowest BCUT2D eigenvalue weighted by Crippen LogP contribution is -2.29. The number of rotatable bonds is 6. The third-order valence-electron chi connectivity index (χ3n) is 5.93. The number of thiazole rings is 1. The first-order valence-corrected chi connectivity index (χ1v) is 11.7. The van der Waals surface area contributed by atoms with Gasteiger partial charge in [-0.25, -0.2) is 9.78 Å². The average molecular weight is 509 g/mol. The normalized spacial score (nSPS) is 16.8. The Bertz CT molecular complexity index is 1410. The molecule has 1 aromatic heterocycles. The molecule has 1 saturated heterocycles. The Morgan fingerprint density at radius 3 is 2.42 bits per heavy atom. The second kappa shape index (κ2) is 9.82. The molecule has 0 spiro atoms. The van der Waals surface area contributed by atoms with Crippen molar-refractivity contribution in [1.29, 1.82) is 0 Å². The first-order valence-electron chi connectivity index (χ1n) is 10.9. The maximum absolute atomic E-state index is 13.4. The Morgan fingerprint density at radius 2 is 1.78 bits per heavy atom. The molecule has 186 valence electrons. The minimum Gasteiger partial charge on any atom is -0.507 e. The number of nitrogens with zero attached hydrogens (tertiary/aromatic N) is 2. The van der Waals surface area contributed by atoms with E-state index in [2.05, 4.69) is 4.98 Å². The van der Waals surface area contributed by atoms with Gasteiger partial charge >= 0.3 is 11.9 Å². The van der Waals surface area contributed by atoms with E-state index < -0.39 is 23.7 Å². The van der Waals surface area contributed by atoms with Crippen molar-refractivity contribution in [2.45, 2.75) is 19.9 Å². The summed E-state index contributed by atoms with van der Waals surface area (Å²) < 4.78 is 15.6. The van der Waals surface area contributed by atoms with Crippen LogP contribution in [-0.2, 0) is 14.3 Å². The molecule has 1 atom stereocenters. The van der Waals surface area contributed by atoms with Crippen molar-refractivity contribution >= 4 is 39.9 Å². The van der Waals surface area contributed by atoms with Crippen LogP contribution in [0.25, 0.3) is 5.76 Å². The van der Waals surface area contributed by atoms with Gasteiger partial charge < -0.3 is 19.3 Å². The molecule has 10 heteroatoms. The third kappa shape index (κ3) is 4.09. The number of aryl methyl sites for hydroxylation is 2. The van der Waals surface area contributed by atoms with Crippen molar-refractivity contribution in [1.82, 2.24) is 4.98 Å². The molecule has 4 rings (SSSR count). The highest BCUT2D eigenvalue weighted by Gasteiger charge is 2.49. The number of ether oxygens (including phenoxy) is 3. The number of carbonyl (C=O) groups is 3. The number of carbonyl (C=O) groups excluding carboxylic acids is 3. The molecule has 1 N–H and O–H groups in total. The summed E-state index contributed by atoms with van der Waals surface area (Å²) in [5.41, 5.74) is 1.73. The van der Waals surface area contributed by atoms with Crippen LogP contribution in [0, 0.1) is 13.8 Å². The Hall–Kier alpha value is -4.18. The molecule has 2 aromatic carbocycles. The van der Waals surface area contributed by atoms with Gasteiger partial charge in [0.25, 0.3) is 5.78 Å². The van der Waals surface area contributed by atoms with E-state index in [1.54, 1.807) is 56.3 Å². The summed E-state index contributed by atoms with van der Waals surface area (Å²) in [5.74, 6) is -1.72. The van der Waals surface area contributed by atoms with Gasteiger partial charge in [0.05, 0.1) is 32.6 Å². The van der Waals surface area contributed by atoms with E-state index in [-0.39, 0.29) is 21.3 Å². The van der Waals surface area contributed by atoms with Gasteiger partial charge in [0.15, 0.2) is 5.13 Å². The Kier molecular flexibility index (Phi) is 6.80. The highest BCUT2D eigenvalue weighted by molar-refractivity contribution is 7.17. The molecule has 0 unspecified atom stereocenters. The number of benzene rings is 2. The monoisotopic (exact) mass is 508 g/mol. The lowest BCUT2D eigenvalue weighted by atomic mass is 9.93. The number of ketones is 1. The van der Waals surface area contributed by atoms with Gasteiger partial charge in [0, 0.05) is 11.1 Å². The molecule has 36 heavy (non-hydrogen) atoms. The lowest BCUT2D eigenvalue weighted by molar-refractivity contribution is -0.132. The van der Waals surface area contributed by atoms with Gasteiger partial charge in [-0.1, -0.05) is 29.5 Å². The number of anilines is 1. The van der Waals surface area contributed by atoms with Crippen molar-refractivity contribution in [3.8, 4) is 11.5 Å². The predicted octanol–water partition coefficient (Wildman–Crippen LogP) is 4.19. The van der Waals surface area contributed by atoms with Crippen molar-refractivity contribution in [3.05, 3.63) is 75.3 Å². The van der Waals surface area contributed by atoms with Gasteiger partial charge in [-0.15, -0.1) is 0 Å². The van der Waals surface area contributed by atoms with Gasteiger partial charge in [0.1, 0.15) is 28.2 Å². The van der Waals surface area contributed by atoms with Crippen LogP contribution in [0.5, 0.6) is 11.5 Å². The second-order valence-corrected chi connectivity index (χ2v) is 8.97. The number of amides is 1. The average Bonchev–Trinajstić information content (AvgIpc) is 3.39. The predicted molar refractivity (Wildman–Crippen MR) is 134 cm³/mol. The van der Waals surface area contributed by atoms with Crippen LogP contribution in [0.3, 0.4) is 0 Å². The van der Waals surface area contributed by atoms with Crippen LogP contribution in [0.2, 0.25) is 0 Å². The first-order chi connectivity index (χ1) is 17.2. The second-order valence-electron chi connectivity index (χ2n) is 7.99. The molecule has 9 nitrogen and oxygen atoms in total. The summed E-state index contributed by atoms with van der Waals surface area (Å²) in [4.78, 5) is 44.8. The highest BCUT2D eigenvalue weighted by Crippen LogP contribution is 2.46. The summed E-state index contributed by atoms with van der Waals surface area (Å²) in [6, 6.07) is 10.8. The van der Waals surface area contributed by atoms with Crippen molar-refractivity contribution in [2.24, 2.45) is 0 Å². The summed E-state index contributed by atoms with van der Waals surface area (Å²) in [6.45, 7) is 3.38. The van der Waals surface area contributed by atoms with Crippen LogP contribution in [-0.4, -0.2) is 49.1 Å². The fourth-order valence-electron chi connectivity index (χ4n) is 4.16.